The first kappa shape index (κ1) is 22.0. The van der Waals surface area contributed by atoms with Crippen LogP contribution in [-0.4, -0.2) is 48.1 Å². The minimum Gasteiger partial charge on any atom is -0.478 e. The van der Waals surface area contributed by atoms with Gasteiger partial charge in [0, 0.05) is 47.3 Å². The van der Waals surface area contributed by atoms with E-state index in [0.29, 0.717) is 14.8 Å². The van der Waals surface area contributed by atoms with Crippen molar-refractivity contribution in [3.8, 4) is 0 Å². The molecule has 1 amide bonds. The summed E-state index contributed by atoms with van der Waals surface area (Å²) in [6, 6.07) is 14.7. The van der Waals surface area contributed by atoms with E-state index in [4.69, 9.17) is 5.11 Å². The minimum absolute atomic E-state index is 0.271. The number of amides is 1. The number of aromatic carboxylic acids is 1. The van der Waals surface area contributed by atoms with Gasteiger partial charge in [0.25, 0.3) is 5.91 Å². The Morgan fingerprint density at radius 3 is 2.19 bits per heavy atom. The second-order valence-corrected chi connectivity index (χ2v) is 8.59. The molecule has 0 radical (unpaired) electrons. The number of nitrogens with zero attached hydrogens (tertiary/aromatic N) is 3. The van der Waals surface area contributed by atoms with Crippen LogP contribution in [0.4, 0.5) is 21.6 Å². The molecule has 2 heterocycles. The van der Waals surface area contributed by atoms with Crippen molar-refractivity contribution in [1.82, 2.24) is 4.98 Å². The summed E-state index contributed by atoms with van der Waals surface area (Å²) in [5, 5.41) is 11.7. The van der Waals surface area contributed by atoms with Crippen molar-refractivity contribution in [2.24, 2.45) is 0 Å². The normalized spacial score (nSPS) is 13.7. The molecule has 0 aliphatic carbocycles. The number of rotatable bonds is 5. The lowest BCUT2D eigenvalue weighted by Crippen LogP contribution is -2.46. The zero-order valence-electron chi connectivity index (χ0n) is 17.0. The predicted molar refractivity (Wildman–Crippen MR) is 129 cm³/mol. The maximum Gasteiger partial charge on any atom is 0.335 e. The van der Waals surface area contributed by atoms with Gasteiger partial charge in [-0.05, 0) is 77.2 Å². The van der Waals surface area contributed by atoms with Crippen molar-refractivity contribution in [2.45, 2.75) is 0 Å². The number of benzene rings is 2. The number of anilines is 3. The molecule has 32 heavy (non-hydrogen) atoms. The van der Waals surface area contributed by atoms with Crippen molar-refractivity contribution >= 4 is 51.7 Å². The third-order valence-electron chi connectivity index (χ3n) is 5.21. The van der Waals surface area contributed by atoms with E-state index in [0.717, 1.165) is 37.7 Å². The largest absolute Gasteiger partial charge is 0.478 e. The molecule has 1 aliphatic rings. The SMILES string of the molecule is O=C(O)c1ccc(N2CCN(c3ccc(C(=O)Nc4cc(F)cc(I)c4)cn3)CC2)cc1. The lowest BCUT2D eigenvalue weighted by Gasteiger charge is -2.36. The number of pyridine rings is 1. The van der Waals surface area contributed by atoms with E-state index in [2.05, 4.69) is 20.1 Å². The van der Waals surface area contributed by atoms with Gasteiger partial charge >= 0.3 is 5.97 Å². The van der Waals surface area contributed by atoms with Gasteiger partial charge in [-0.15, -0.1) is 0 Å². The van der Waals surface area contributed by atoms with E-state index in [1.807, 2.05) is 40.8 Å². The summed E-state index contributed by atoms with van der Waals surface area (Å²) in [5.74, 6) is -0.907. The van der Waals surface area contributed by atoms with Crippen molar-refractivity contribution in [2.75, 3.05) is 41.3 Å². The summed E-state index contributed by atoms with van der Waals surface area (Å²) in [5.41, 5.74) is 2.05. The van der Waals surface area contributed by atoms with Crippen LogP contribution in [0.2, 0.25) is 0 Å². The van der Waals surface area contributed by atoms with Gasteiger partial charge in [0.1, 0.15) is 11.6 Å². The first-order valence-electron chi connectivity index (χ1n) is 9.96. The zero-order chi connectivity index (χ0) is 22.7. The molecule has 1 aliphatic heterocycles. The summed E-state index contributed by atoms with van der Waals surface area (Å²) < 4.78 is 14.2. The van der Waals surface area contributed by atoms with Crippen molar-refractivity contribution < 1.29 is 19.1 Å². The first-order chi connectivity index (χ1) is 15.4. The molecular formula is C23H20FIN4O3. The highest BCUT2D eigenvalue weighted by atomic mass is 127. The zero-order valence-corrected chi connectivity index (χ0v) is 19.1. The van der Waals surface area contributed by atoms with Crippen LogP contribution < -0.4 is 15.1 Å². The van der Waals surface area contributed by atoms with E-state index in [-0.39, 0.29) is 11.5 Å². The third kappa shape index (κ3) is 5.16. The molecular weight excluding hydrogens is 526 g/mol. The fourth-order valence-electron chi connectivity index (χ4n) is 3.55. The molecule has 1 saturated heterocycles. The van der Waals surface area contributed by atoms with Gasteiger partial charge in [0.05, 0.1) is 11.1 Å². The second-order valence-electron chi connectivity index (χ2n) is 7.34. The Labute approximate surface area is 198 Å². The van der Waals surface area contributed by atoms with Gasteiger partial charge in [0.2, 0.25) is 0 Å². The molecule has 0 saturated carbocycles. The molecule has 164 valence electrons. The Morgan fingerprint density at radius 1 is 0.938 bits per heavy atom. The van der Waals surface area contributed by atoms with E-state index in [9.17, 15) is 14.0 Å². The summed E-state index contributed by atoms with van der Waals surface area (Å²) in [6.45, 7) is 3.05. The van der Waals surface area contributed by atoms with Gasteiger partial charge in [-0.1, -0.05) is 0 Å². The number of hydrogen-bond acceptors (Lipinski definition) is 5. The smallest absolute Gasteiger partial charge is 0.335 e. The molecule has 0 bridgehead atoms. The molecule has 0 unspecified atom stereocenters. The standard InChI is InChI=1S/C23H20FIN4O3/c24-17-11-18(25)13-19(12-17)27-22(30)16-3-6-21(26-14-16)29-9-7-28(8-10-29)20-4-1-15(2-5-20)23(31)32/h1-6,11-14H,7-10H2,(H,27,30)(H,31,32). The fraction of sp³-hybridized carbons (Fsp3) is 0.174. The average Bonchev–Trinajstić information content (AvgIpc) is 2.79. The Balaban J connectivity index is 1.35. The van der Waals surface area contributed by atoms with E-state index >= 15 is 0 Å². The summed E-state index contributed by atoms with van der Waals surface area (Å²) >= 11 is 1.99. The highest BCUT2D eigenvalue weighted by molar-refractivity contribution is 14.1. The highest BCUT2D eigenvalue weighted by Crippen LogP contribution is 2.21. The molecule has 0 atom stereocenters. The molecule has 2 N–H and O–H groups in total. The lowest BCUT2D eigenvalue weighted by molar-refractivity contribution is 0.0696. The van der Waals surface area contributed by atoms with E-state index in [1.165, 1.54) is 18.3 Å². The number of halogens is 2. The first-order valence-corrected chi connectivity index (χ1v) is 11.0. The van der Waals surface area contributed by atoms with Crippen LogP contribution in [0.25, 0.3) is 0 Å². The number of carboxylic acid groups (broad SMARTS) is 1. The Morgan fingerprint density at radius 2 is 1.59 bits per heavy atom. The van der Waals surface area contributed by atoms with Crippen molar-refractivity contribution in [3.63, 3.8) is 0 Å². The maximum atomic E-state index is 13.5. The van der Waals surface area contributed by atoms with E-state index in [1.54, 1.807) is 24.3 Å². The highest BCUT2D eigenvalue weighted by Gasteiger charge is 2.19. The summed E-state index contributed by atoms with van der Waals surface area (Å²) in [7, 11) is 0. The minimum atomic E-state index is -0.935. The molecule has 7 nitrogen and oxygen atoms in total. The topological polar surface area (TPSA) is 85.8 Å². The number of aromatic nitrogens is 1. The van der Waals surface area contributed by atoms with Crippen LogP contribution in [0.15, 0.2) is 60.8 Å². The molecule has 1 aromatic heterocycles. The molecule has 0 spiro atoms. The fourth-order valence-corrected chi connectivity index (χ4v) is 4.18. The number of nitrogens with one attached hydrogen (secondary N) is 1. The number of carbonyl (C=O) groups is 2. The Bertz CT molecular complexity index is 1110. The maximum absolute atomic E-state index is 13.5. The van der Waals surface area contributed by atoms with Crippen molar-refractivity contribution in [1.29, 1.82) is 0 Å². The number of hydrogen-bond donors (Lipinski definition) is 2. The van der Waals surface area contributed by atoms with Gasteiger partial charge in [-0.25, -0.2) is 14.2 Å². The second kappa shape index (κ2) is 9.51. The van der Waals surface area contributed by atoms with Crippen molar-refractivity contribution in [3.05, 3.63) is 81.3 Å². The van der Waals surface area contributed by atoms with Crippen LogP contribution in [-0.2, 0) is 0 Å². The molecule has 4 rings (SSSR count). The van der Waals surface area contributed by atoms with Gasteiger partial charge in [0.15, 0.2) is 0 Å². The Kier molecular flexibility index (Phi) is 6.54. The quantitative estimate of drug-likeness (QED) is 0.469. The summed E-state index contributed by atoms with van der Waals surface area (Å²) in [6.07, 6.45) is 1.52. The van der Waals surface area contributed by atoms with Crippen LogP contribution >= 0.6 is 22.6 Å². The average molecular weight is 546 g/mol. The third-order valence-corrected chi connectivity index (χ3v) is 5.84. The Hall–Kier alpha value is -3.21. The van der Waals surface area contributed by atoms with Gasteiger partial charge in [-0.2, -0.15) is 0 Å². The lowest BCUT2D eigenvalue weighted by atomic mass is 10.2. The summed E-state index contributed by atoms with van der Waals surface area (Å²) in [4.78, 5) is 32.2. The number of piperazine rings is 1. The van der Waals surface area contributed by atoms with Crippen LogP contribution in [0.5, 0.6) is 0 Å². The number of carboxylic acids is 1. The van der Waals surface area contributed by atoms with Gasteiger partial charge < -0.3 is 20.2 Å². The number of carbonyl (C=O) groups excluding carboxylic acids is 1. The molecule has 3 aromatic rings. The van der Waals surface area contributed by atoms with Crippen LogP contribution in [0.1, 0.15) is 20.7 Å². The molecule has 1 fully saturated rings. The van der Waals surface area contributed by atoms with E-state index < -0.39 is 11.8 Å². The molecule has 2 aromatic carbocycles. The van der Waals surface area contributed by atoms with Crippen LogP contribution in [0.3, 0.4) is 0 Å². The van der Waals surface area contributed by atoms with Gasteiger partial charge in [-0.3, -0.25) is 4.79 Å². The predicted octanol–water partition coefficient (Wildman–Crippen LogP) is 4.10. The van der Waals surface area contributed by atoms with Crippen LogP contribution in [0, 0.1) is 9.39 Å². The molecule has 9 heteroatoms. The monoisotopic (exact) mass is 546 g/mol.